The van der Waals surface area contributed by atoms with E-state index in [1.807, 2.05) is 78.9 Å². The van der Waals surface area contributed by atoms with Crippen molar-refractivity contribution in [1.82, 2.24) is 4.57 Å². The topological polar surface area (TPSA) is 45.4 Å². The van der Waals surface area contributed by atoms with Gasteiger partial charge in [-0.25, -0.2) is 0 Å². The molecule has 0 aliphatic heterocycles. The number of unbranched alkanes of at least 4 members (excludes halogenated alkanes) is 20. The Hall–Kier alpha value is -11.9. The summed E-state index contributed by atoms with van der Waals surface area (Å²) in [5.41, 5.74) is 42.7. The molecule has 4 aliphatic rings. The van der Waals surface area contributed by atoms with Gasteiger partial charge in [-0.05, 0) is 264 Å². The Morgan fingerprint density at radius 1 is 0.215 bits per heavy atom. The van der Waals surface area contributed by atoms with Gasteiger partial charge in [0.2, 0.25) is 0 Å². The number of nitrogens with zero attached hydrogens (tertiary/aromatic N) is 1. The minimum Gasteiger partial charge on any atom is -0.443 e. The maximum atomic E-state index is 12.8. The average Bonchev–Trinajstić information content (AvgIpc) is 1.57. The van der Waals surface area contributed by atoms with E-state index in [1.54, 1.807) is 22.3 Å². The van der Waals surface area contributed by atoms with Crippen LogP contribution in [0.25, 0.3) is 139 Å². The predicted octanol–water partition coefficient (Wildman–Crippen LogP) is 33.1. The summed E-state index contributed by atoms with van der Waals surface area (Å²) in [6, 6.07) is 121. The number of para-hydroxylation sites is 1. The Bertz CT molecular complexity index is 6520. The lowest BCUT2D eigenvalue weighted by molar-refractivity contribution is 0.398. The predicted molar refractivity (Wildman–Crippen MR) is 580 cm³/mol. The highest BCUT2D eigenvalue weighted by Crippen LogP contribution is 2.59. The van der Waals surface area contributed by atoms with E-state index >= 15 is 0 Å². The SMILES string of the molecule is CCCCCCCCC1(CCCCCCCC)c2ccccc2-c2ccc(-c3ccc4c(c3)C(C)(C)c3cc(-c5ccc(-c6ccc7c(c6)c6cc(-c8ccc(-c9ccc%10c(c9)C(C)(C)c9cc(-c%11ccc%12c(c%11)C(CCCCCCCC)(CCCCCCCC)c%11ccccc%11-%12)ccc9-%10)cc8)ccc6n7-c6c(B(O)c7ccccc7)cccc6B(O)c6ccccc6)cc5)ccc3-4)cc21. The molecular weight excluding hydrogens is 1630 g/mol. The highest BCUT2D eigenvalue weighted by atomic mass is 16.2. The van der Waals surface area contributed by atoms with Crippen molar-refractivity contribution in [2.75, 3.05) is 0 Å². The Labute approximate surface area is 806 Å². The Balaban J connectivity index is 0.607. The number of fused-ring (bicyclic) bond motifs is 15. The van der Waals surface area contributed by atoms with Crippen molar-refractivity contribution in [3.63, 3.8) is 0 Å². The summed E-state index contributed by atoms with van der Waals surface area (Å²) in [6.07, 6.45) is 36.3. The molecule has 0 saturated carbocycles. The molecule has 0 atom stereocenters. The Morgan fingerprint density at radius 2 is 0.452 bits per heavy atom. The van der Waals surface area contributed by atoms with Gasteiger partial charge in [0.05, 0.1) is 11.0 Å². The third-order valence-electron chi connectivity index (χ3n) is 32.4. The first-order chi connectivity index (χ1) is 66.1. The molecular formula is C130H135B2NO2. The molecule has 5 heteroatoms. The molecule has 16 aromatic rings. The summed E-state index contributed by atoms with van der Waals surface area (Å²) in [5.74, 6) is 0. The van der Waals surface area contributed by atoms with Gasteiger partial charge < -0.3 is 14.6 Å². The quantitative estimate of drug-likeness (QED) is 0.0298. The molecule has 0 amide bonds. The fourth-order valence-electron chi connectivity index (χ4n) is 24.9. The van der Waals surface area contributed by atoms with Gasteiger partial charge in [-0.3, -0.25) is 0 Å². The number of benzene rings is 15. The van der Waals surface area contributed by atoms with E-state index in [9.17, 15) is 10.0 Å². The molecule has 678 valence electrons. The molecule has 3 nitrogen and oxygen atoms in total. The summed E-state index contributed by atoms with van der Waals surface area (Å²) in [6.45, 7) is 17.1. The smallest absolute Gasteiger partial charge is 0.361 e. The van der Waals surface area contributed by atoms with E-state index in [4.69, 9.17) is 0 Å². The van der Waals surface area contributed by atoms with Crippen LogP contribution in [0.15, 0.2) is 322 Å². The molecule has 0 spiro atoms. The largest absolute Gasteiger partial charge is 0.443 e. The van der Waals surface area contributed by atoms with Crippen molar-refractivity contribution in [2.24, 2.45) is 0 Å². The first-order valence-corrected chi connectivity index (χ1v) is 52.1. The van der Waals surface area contributed by atoms with Crippen LogP contribution in [0.5, 0.6) is 0 Å². The van der Waals surface area contributed by atoms with Crippen LogP contribution in [0.3, 0.4) is 0 Å². The number of rotatable bonds is 39. The monoisotopic (exact) mass is 1760 g/mol. The lowest BCUT2D eigenvalue weighted by atomic mass is 9.50. The molecule has 0 radical (unpaired) electrons. The van der Waals surface area contributed by atoms with Crippen LogP contribution in [0.1, 0.15) is 280 Å². The van der Waals surface area contributed by atoms with Crippen LogP contribution in [0, 0.1) is 0 Å². The average molecular weight is 1770 g/mol. The zero-order chi connectivity index (χ0) is 92.4. The van der Waals surface area contributed by atoms with E-state index in [2.05, 4.69) is 303 Å². The fraction of sp³-hybridized carbons (Fsp3) is 0.308. The van der Waals surface area contributed by atoms with Crippen LogP contribution in [-0.4, -0.2) is 28.4 Å². The van der Waals surface area contributed by atoms with Gasteiger partial charge in [0.1, 0.15) is 0 Å². The summed E-state index contributed by atoms with van der Waals surface area (Å²) in [7, 11) is 0. The third kappa shape index (κ3) is 17.2. The zero-order valence-corrected chi connectivity index (χ0v) is 81.4. The van der Waals surface area contributed by atoms with E-state index < -0.39 is 13.8 Å². The first kappa shape index (κ1) is 90.9. The van der Waals surface area contributed by atoms with Crippen molar-refractivity contribution in [2.45, 2.75) is 257 Å². The molecule has 0 fully saturated rings. The molecule has 15 aromatic carbocycles. The third-order valence-corrected chi connectivity index (χ3v) is 32.4. The van der Waals surface area contributed by atoms with Crippen LogP contribution in [0.2, 0.25) is 0 Å². The van der Waals surface area contributed by atoms with Crippen molar-refractivity contribution in [3.05, 3.63) is 366 Å². The molecule has 20 rings (SSSR count). The molecule has 0 bridgehead atoms. The minimum absolute atomic E-state index is 0.0266. The molecule has 0 saturated heterocycles. The van der Waals surface area contributed by atoms with Crippen LogP contribution in [-0.2, 0) is 21.7 Å². The molecule has 135 heavy (non-hydrogen) atoms. The summed E-state index contributed by atoms with van der Waals surface area (Å²) >= 11 is 0. The number of aromatic nitrogens is 1. The van der Waals surface area contributed by atoms with Gasteiger partial charge in [0.15, 0.2) is 0 Å². The van der Waals surface area contributed by atoms with E-state index in [1.165, 1.54) is 291 Å². The lowest BCUT2D eigenvalue weighted by Crippen LogP contribution is -2.51. The van der Waals surface area contributed by atoms with Crippen LogP contribution < -0.4 is 21.9 Å². The van der Waals surface area contributed by atoms with Gasteiger partial charge in [0.25, 0.3) is 0 Å². The highest BCUT2D eigenvalue weighted by molar-refractivity contribution is 6.83. The molecule has 0 unspecified atom stereocenters. The fourth-order valence-corrected chi connectivity index (χ4v) is 24.9. The number of hydrogen-bond acceptors (Lipinski definition) is 2. The maximum absolute atomic E-state index is 12.8. The van der Waals surface area contributed by atoms with Gasteiger partial charge in [-0.1, -0.05) is 470 Å². The molecule has 1 heterocycles. The van der Waals surface area contributed by atoms with Crippen LogP contribution in [0.4, 0.5) is 0 Å². The van der Waals surface area contributed by atoms with Crippen molar-refractivity contribution in [3.8, 4) is 117 Å². The second kappa shape index (κ2) is 39.5. The summed E-state index contributed by atoms with van der Waals surface area (Å²) in [4.78, 5) is 0. The van der Waals surface area contributed by atoms with Gasteiger partial charge in [-0.15, -0.1) is 0 Å². The van der Waals surface area contributed by atoms with Crippen LogP contribution >= 0.6 is 0 Å². The van der Waals surface area contributed by atoms with Gasteiger partial charge in [-0.2, -0.15) is 0 Å². The Kier molecular flexibility index (Phi) is 26.6. The Morgan fingerprint density at radius 3 is 0.763 bits per heavy atom. The number of hydrogen-bond donors (Lipinski definition) is 2. The maximum Gasteiger partial charge on any atom is 0.361 e. The minimum atomic E-state index is -0.992. The molecule has 4 aliphatic carbocycles. The zero-order valence-electron chi connectivity index (χ0n) is 81.4. The highest BCUT2D eigenvalue weighted by Gasteiger charge is 2.46. The first-order valence-electron chi connectivity index (χ1n) is 52.1. The second-order valence-electron chi connectivity index (χ2n) is 41.5. The van der Waals surface area contributed by atoms with Crippen molar-refractivity contribution >= 4 is 57.5 Å². The van der Waals surface area contributed by atoms with E-state index in [0.29, 0.717) is 10.9 Å². The summed E-state index contributed by atoms with van der Waals surface area (Å²) in [5, 5.41) is 27.7. The van der Waals surface area contributed by atoms with Gasteiger partial charge in [0, 0.05) is 38.1 Å². The lowest BCUT2D eigenvalue weighted by Gasteiger charge is -2.33. The molecule has 1 aromatic heterocycles. The summed E-state index contributed by atoms with van der Waals surface area (Å²) < 4.78 is 2.31. The van der Waals surface area contributed by atoms with Gasteiger partial charge >= 0.3 is 13.8 Å². The normalized spacial score (nSPS) is 14.0. The second-order valence-corrected chi connectivity index (χ2v) is 41.5. The van der Waals surface area contributed by atoms with Crippen molar-refractivity contribution in [1.29, 1.82) is 0 Å². The molecule has 2 N–H and O–H groups in total. The van der Waals surface area contributed by atoms with E-state index in [0.717, 1.165) is 60.7 Å². The van der Waals surface area contributed by atoms with Crippen molar-refractivity contribution < 1.29 is 10.0 Å². The van der Waals surface area contributed by atoms with E-state index in [-0.39, 0.29) is 21.7 Å². The standard InChI is InChI=1S/C130H135B2NO2/c1-9-13-17-21-25-39-78-129(79-40-26-22-18-14-10-2)114-50-37-35-48-104(114)110-74-66-100(88-120(110)129)98-64-72-108-106-70-62-96(84-116(106)127(5,6)118(108)86-98)92-58-54-90(55-59-92)94-68-76-124-112(82-94)113-83-95(69-77-125(113)133(124)126-122(131(134)102-44-31-29-32-45-102)52-43-53-123(126)132(135)103-46-33-30-34-47-103)91-56-60-93(61-57-91)97-63-71-107-109-73-65-99(87-119(109)128(7,8)117(107)85-97)101-67-75-111-105-49-36-38-51-115(105)130(121(111)89-101,80-41-27-23-19-15-11-3)81-42-28-24-20-16-12-4/h29-38,43-77,82-89,134-135H,9-28,39-42,78-81H2,1-8H3.